The Morgan fingerprint density at radius 3 is 0.957 bits per heavy atom. The number of para-hydroxylation sites is 2. The molecule has 0 atom stereocenters. The maximum atomic E-state index is 14.0. The molecule has 230 valence electrons. The van der Waals surface area contributed by atoms with E-state index < -0.39 is 17.9 Å². The van der Waals surface area contributed by atoms with Crippen LogP contribution in [0.5, 0.6) is 0 Å². The first kappa shape index (κ1) is 30.2. The summed E-state index contributed by atoms with van der Waals surface area (Å²) >= 11 is 0. The van der Waals surface area contributed by atoms with E-state index in [1.165, 1.54) is 15.6 Å². The Hall–Kier alpha value is -5.49. The summed E-state index contributed by atoms with van der Waals surface area (Å²) in [5.41, 5.74) is 2.87. The summed E-state index contributed by atoms with van der Waals surface area (Å²) in [5.74, 6) is 0. The normalized spacial score (nSPS) is 11.9. The van der Waals surface area contributed by atoms with Gasteiger partial charge in [-0.3, -0.25) is 0 Å². The van der Waals surface area contributed by atoms with Gasteiger partial charge in [0.15, 0.2) is 0 Å². The zero-order valence-electron chi connectivity index (χ0n) is 25.8. The molecule has 0 N–H and O–H groups in total. The van der Waals surface area contributed by atoms with Gasteiger partial charge in [0.25, 0.3) is 0 Å². The Bertz CT molecular complexity index is 2020. The van der Waals surface area contributed by atoms with Crippen molar-refractivity contribution in [3.05, 3.63) is 200 Å². The molecule has 0 fully saturated rings. The molecule has 7 aromatic rings. The van der Waals surface area contributed by atoms with Gasteiger partial charge >= 0.3 is 243 Å². The Balaban J connectivity index is 1.29. The molecule has 0 aliphatic heterocycles. The van der Waals surface area contributed by atoms with Crippen LogP contribution in [0.15, 0.2) is 210 Å². The number of hydrogen-bond donors (Lipinski definition) is 0. The fourth-order valence-corrected chi connectivity index (χ4v) is 13.6. The summed E-state index contributed by atoms with van der Waals surface area (Å²) < 4.78 is 28.1. The number of rotatable bonds is 9. The summed E-state index contributed by atoms with van der Waals surface area (Å²) in [7, 11) is -6.93. The molecule has 0 heterocycles. The van der Waals surface area contributed by atoms with E-state index in [4.69, 9.17) is 0 Å². The van der Waals surface area contributed by atoms with Crippen molar-refractivity contribution < 1.29 is 8.42 Å². The molecular weight excluding hydrogens is 611 g/mol. The van der Waals surface area contributed by atoms with Gasteiger partial charge in [-0.1, -0.05) is 36.4 Å². The topological polar surface area (TPSA) is 37.4 Å². The molecule has 3 nitrogen and oxygen atoms in total. The average Bonchev–Trinajstić information content (AvgIpc) is 3.15. The number of anilines is 3. The van der Waals surface area contributed by atoms with Gasteiger partial charge < -0.3 is 0 Å². The third-order valence-electron chi connectivity index (χ3n) is 9.02. The fraction of sp³-hybridized carbons (Fsp3) is 0. The van der Waals surface area contributed by atoms with Crippen LogP contribution in [-0.2, 0) is 9.84 Å². The van der Waals surface area contributed by atoms with Crippen LogP contribution in [-0.4, -0.2) is 16.5 Å². The third-order valence-corrected chi connectivity index (χ3v) is 16.3. The molecule has 0 aliphatic rings. The second kappa shape index (κ2) is 13.1. The van der Waals surface area contributed by atoms with Crippen LogP contribution in [0.3, 0.4) is 0 Å². The van der Waals surface area contributed by atoms with Crippen LogP contribution < -0.4 is 25.6 Å². The van der Waals surface area contributed by atoms with Crippen molar-refractivity contribution >= 4 is 55.7 Å². The SMILES string of the molecule is O=S(=O)(c1ccc(N(c2ccccc2)c2ccccc2)cc1)c1ccc([SiH-](c2ccccc2)(c2ccccc2)c2ccccc2)cc1. The van der Waals surface area contributed by atoms with E-state index in [9.17, 15) is 8.42 Å². The van der Waals surface area contributed by atoms with Crippen molar-refractivity contribution in [2.24, 2.45) is 0 Å². The zero-order chi connectivity index (χ0) is 32.1. The Kier molecular flexibility index (Phi) is 8.40. The Morgan fingerprint density at radius 2 is 0.596 bits per heavy atom. The first-order valence-corrected chi connectivity index (χ1v) is 19.6. The number of nitrogens with zero attached hydrogens (tertiary/aromatic N) is 1. The number of hydrogen-bond acceptors (Lipinski definition) is 3. The van der Waals surface area contributed by atoms with E-state index >= 15 is 0 Å². The van der Waals surface area contributed by atoms with Gasteiger partial charge in [-0.05, 0) is 0 Å². The van der Waals surface area contributed by atoms with Crippen LogP contribution >= 0.6 is 0 Å². The molecule has 7 rings (SSSR count). The molecule has 0 spiro atoms. The summed E-state index contributed by atoms with van der Waals surface area (Å²) in [6, 6.07) is 66.9. The van der Waals surface area contributed by atoms with Gasteiger partial charge in [0.05, 0.1) is 0 Å². The Labute approximate surface area is 278 Å². The van der Waals surface area contributed by atoms with Crippen molar-refractivity contribution in [2.75, 3.05) is 4.90 Å². The first-order chi connectivity index (χ1) is 23.1. The van der Waals surface area contributed by atoms with Gasteiger partial charge in [0.2, 0.25) is 0 Å². The number of benzene rings is 7. The van der Waals surface area contributed by atoms with E-state index in [1.807, 2.05) is 103 Å². The van der Waals surface area contributed by atoms with Crippen molar-refractivity contribution in [1.82, 2.24) is 0 Å². The molecule has 0 bridgehead atoms. The summed E-state index contributed by atoms with van der Waals surface area (Å²) in [6.07, 6.45) is 0. The fourth-order valence-electron chi connectivity index (χ4n) is 6.83. The van der Waals surface area contributed by atoms with Crippen LogP contribution in [0, 0.1) is 0 Å². The molecule has 7 aromatic carbocycles. The predicted octanol–water partition coefficient (Wildman–Crippen LogP) is 7.10. The van der Waals surface area contributed by atoms with E-state index in [-0.39, 0.29) is 9.79 Å². The molecule has 0 aromatic heterocycles. The van der Waals surface area contributed by atoms with Crippen molar-refractivity contribution in [1.29, 1.82) is 0 Å². The average molecular weight is 645 g/mol. The van der Waals surface area contributed by atoms with Gasteiger partial charge in [-0.15, -0.1) is 0 Å². The van der Waals surface area contributed by atoms with Crippen LogP contribution in [0.2, 0.25) is 0 Å². The second-order valence-corrected chi connectivity index (χ2v) is 18.0. The standard InChI is InChI=1S/C42H34NO2SSi/c44-46(45,37-28-26-36(27-29-37)43(34-16-6-1-7-17-34)35-18-8-2-9-19-35)38-30-32-42(33-31-38)47(39-20-10-3-11-21-39,40-22-12-4-13-23-40)41-24-14-5-15-25-41/h1-33,47H/q-1. The predicted molar refractivity (Wildman–Crippen MR) is 198 cm³/mol. The molecule has 0 amide bonds. The first-order valence-electron chi connectivity index (χ1n) is 15.8. The molecule has 0 aliphatic carbocycles. The van der Waals surface area contributed by atoms with Crippen molar-refractivity contribution in [3.8, 4) is 0 Å². The van der Waals surface area contributed by atoms with Gasteiger partial charge in [-0.25, -0.2) is 0 Å². The van der Waals surface area contributed by atoms with Crippen molar-refractivity contribution in [2.45, 2.75) is 9.79 Å². The van der Waals surface area contributed by atoms with Crippen LogP contribution in [0.1, 0.15) is 0 Å². The molecular formula is C42H34NO2SSi-. The minimum atomic E-state index is -3.77. The minimum absolute atomic E-state index is 0.259. The van der Waals surface area contributed by atoms with E-state index in [1.54, 1.807) is 24.3 Å². The summed E-state index contributed by atoms with van der Waals surface area (Å²) in [4.78, 5) is 2.65. The van der Waals surface area contributed by atoms with Gasteiger partial charge in [-0.2, -0.15) is 0 Å². The Morgan fingerprint density at radius 1 is 0.319 bits per heavy atom. The van der Waals surface area contributed by atoms with E-state index in [0.717, 1.165) is 22.2 Å². The van der Waals surface area contributed by atoms with E-state index in [2.05, 4.69) is 77.7 Å². The van der Waals surface area contributed by atoms with Crippen LogP contribution in [0.4, 0.5) is 17.1 Å². The van der Waals surface area contributed by atoms with Gasteiger partial charge in [0.1, 0.15) is 0 Å². The zero-order valence-corrected chi connectivity index (χ0v) is 27.8. The maximum absolute atomic E-state index is 14.0. The molecule has 0 saturated heterocycles. The molecule has 47 heavy (non-hydrogen) atoms. The van der Waals surface area contributed by atoms with Crippen molar-refractivity contribution in [3.63, 3.8) is 0 Å². The second-order valence-electron chi connectivity index (χ2n) is 11.7. The van der Waals surface area contributed by atoms with Crippen LogP contribution in [0.25, 0.3) is 0 Å². The van der Waals surface area contributed by atoms with Gasteiger partial charge in [0, 0.05) is 0 Å². The molecule has 5 heteroatoms. The third kappa shape index (κ3) is 5.72. The summed E-state index contributed by atoms with van der Waals surface area (Å²) in [5, 5.41) is 4.96. The number of sulfone groups is 1. The quantitative estimate of drug-likeness (QED) is 0.124. The molecule has 0 saturated carbocycles. The summed E-state index contributed by atoms with van der Waals surface area (Å²) in [6.45, 7) is 0. The monoisotopic (exact) mass is 644 g/mol. The molecule has 0 radical (unpaired) electrons. The molecule has 0 unspecified atom stereocenters. The van der Waals surface area contributed by atoms with E-state index in [0.29, 0.717) is 0 Å².